The fraction of sp³-hybridized carbons (Fsp3) is 0.265. The van der Waals surface area contributed by atoms with Crippen molar-refractivity contribution >= 4 is 50.4 Å². The summed E-state index contributed by atoms with van der Waals surface area (Å²) in [4.78, 5) is 56.6. The Bertz CT molecular complexity index is 1820. The molecule has 0 aliphatic carbocycles. The Balaban J connectivity index is 0.00000417. The number of aromatic amines is 1. The number of thiazole rings is 1. The first kappa shape index (κ1) is 32.3. The van der Waals surface area contributed by atoms with Gasteiger partial charge in [-0.25, -0.2) is 14.8 Å². The summed E-state index contributed by atoms with van der Waals surface area (Å²) in [6.07, 6.45) is 2.75. The highest BCUT2D eigenvalue weighted by molar-refractivity contribution is 7.16. The highest BCUT2D eigenvalue weighted by atomic mass is 32.1. The lowest BCUT2D eigenvalue weighted by Crippen LogP contribution is -2.69. The number of nitrogens with zero attached hydrogens (tertiary/aromatic N) is 4. The number of aromatic nitrogens is 3. The number of urea groups is 1. The van der Waals surface area contributed by atoms with E-state index in [-0.39, 0.29) is 45.3 Å². The lowest BCUT2D eigenvalue weighted by Gasteiger charge is -2.46. The van der Waals surface area contributed by atoms with Crippen molar-refractivity contribution in [2.24, 2.45) is 0 Å². The smallest absolute Gasteiger partial charge is 0.316 e. The molecule has 0 unspecified atom stereocenters. The third-order valence-corrected chi connectivity index (χ3v) is 8.62. The number of para-hydroxylation sites is 1. The number of hydrogen-bond donors (Lipinski definition) is 4. The number of nitrogens with one attached hydrogen (secondary N) is 4. The number of rotatable bonds is 11. The number of carbonyl (C=O) groups is 3. The summed E-state index contributed by atoms with van der Waals surface area (Å²) in [5, 5.41) is 8.96. The van der Waals surface area contributed by atoms with Crippen molar-refractivity contribution in [3.05, 3.63) is 108 Å². The predicted molar refractivity (Wildman–Crippen MR) is 181 cm³/mol. The number of amides is 4. The van der Waals surface area contributed by atoms with Gasteiger partial charge in [-0.15, -0.1) is 17.9 Å². The van der Waals surface area contributed by atoms with Gasteiger partial charge in [-0.05, 0) is 34.9 Å². The second-order valence-electron chi connectivity index (χ2n) is 10.9. The van der Waals surface area contributed by atoms with Crippen LogP contribution in [0.15, 0.2) is 91.2 Å². The summed E-state index contributed by atoms with van der Waals surface area (Å²) in [5.74, 6) is -0.501. The van der Waals surface area contributed by atoms with Crippen LogP contribution in [0.4, 0.5) is 4.79 Å². The molecule has 0 spiro atoms. The molecule has 6 rings (SSSR count). The number of fused-ring (bicyclic) bond motifs is 2. The highest BCUT2D eigenvalue weighted by Gasteiger charge is 2.43. The van der Waals surface area contributed by atoms with E-state index in [9.17, 15) is 14.4 Å². The van der Waals surface area contributed by atoms with Gasteiger partial charge in [0.15, 0.2) is 0 Å². The average Bonchev–Trinajstić information content (AvgIpc) is 3.73. The Hall–Kier alpha value is -5.07. The van der Waals surface area contributed by atoms with Gasteiger partial charge < -0.3 is 30.7 Å². The molecule has 1 aliphatic rings. The fourth-order valence-corrected chi connectivity index (χ4v) is 6.41. The molecular weight excluding hydrogens is 600 g/mol. The number of benzene rings is 3. The number of piperazine rings is 1. The minimum atomic E-state index is -0.869. The topological polar surface area (TPSA) is 135 Å². The van der Waals surface area contributed by atoms with Crippen LogP contribution in [0.2, 0.25) is 0 Å². The average molecular weight is 639 g/mol. The second kappa shape index (κ2) is 14.8. The number of hydrogen-bond acceptors (Lipinski definition) is 7. The summed E-state index contributed by atoms with van der Waals surface area (Å²) in [7, 11) is 0. The summed E-state index contributed by atoms with van der Waals surface area (Å²) in [5.41, 5.74) is 6.98. The maximum absolute atomic E-state index is 14.3. The number of carbonyl (C=O) groups excluding carboxylic acids is 3. The fourth-order valence-electron chi connectivity index (χ4n) is 5.69. The van der Waals surface area contributed by atoms with Crippen LogP contribution in [0.5, 0.6) is 0 Å². The van der Waals surface area contributed by atoms with Crippen molar-refractivity contribution in [3.63, 3.8) is 0 Å². The van der Waals surface area contributed by atoms with Gasteiger partial charge in [0, 0.05) is 26.1 Å². The molecule has 4 amide bonds. The van der Waals surface area contributed by atoms with E-state index in [1.807, 2.05) is 66.7 Å². The van der Waals surface area contributed by atoms with E-state index in [1.54, 1.807) is 22.8 Å². The van der Waals surface area contributed by atoms with E-state index in [2.05, 4.69) is 37.5 Å². The summed E-state index contributed by atoms with van der Waals surface area (Å²) >= 11 is 1.54. The molecule has 12 heteroatoms. The summed E-state index contributed by atoms with van der Waals surface area (Å²) < 4.78 is 1.03. The lowest BCUT2D eigenvalue weighted by molar-refractivity contribution is -0.156. The van der Waals surface area contributed by atoms with Crippen LogP contribution in [0.3, 0.4) is 0 Å². The minimum Gasteiger partial charge on any atom is -0.345 e. The Labute approximate surface area is 271 Å². The van der Waals surface area contributed by atoms with Gasteiger partial charge in [-0.3, -0.25) is 9.59 Å². The number of imidazole rings is 1. The zero-order chi connectivity index (χ0) is 31.2. The lowest BCUT2D eigenvalue weighted by atomic mass is 9.98. The van der Waals surface area contributed by atoms with Crippen LogP contribution in [-0.4, -0.2) is 74.4 Å². The van der Waals surface area contributed by atoms with Gasteiger partial charge in [0.05, 0.1) is 46.2 Å². The van der Waals surface area contributed by atoms with Crippen LogP contribution < -0.4 is 16.0 Å². The highest BCUT2D eigenvalue weighted by Crippen LogP contribution is 2.27. The number of H-pyrrole nitrogens is 1. The standard InChI is InChI=1S/C33H34N8O3S.CH4/c1-2-13-34-17-30(42)41-27(15-23-11-12-25-26(14-23)37-20-36-25)32(43)40(18-24-9-6-10-28-31(24)38-21-45-28)19-29(41)39-33(44)35-16-22-7-4-3-5-8-22;/h2-12,14,20-21,27,29,34H,1,13,15-19H2,(H,36,37)(H2,35,39,44);1H4/t27-,29+;/m0./s1. The minimum absolute atomic E-state index is 0. The van der Waals surface area contributed by atoms with Crippen LogP contribution in [0.25, 0.3) is 21.3 Å². The predicted octanol–water partition coefficient (Wildman–Crippen LogP) is 4.19. The van der Waals surface area contributed by atoms with Crippen LogP contribution >= 0.6 is 11.3 Å². The Kier molecular flexibility index (Phi) is 10.4. The van der Waals surface area contributed by atoms with E-state index in [4.69, 9.17) is 0 Å². The van der Waals surface area contributed by atoms with Crippen molar-refractivity contribution in [1.29, 1.82) is 0 Å². The van der Waals surface area contributed by atoms with Gasteiger partial charge >= 0.3 is 6.03 Å². The van der Waals surface area contributed by atoms with Gasteiger partial charge in [-0.2, -0.15) is 0 Å². The Morgan fingerprint density at radius 3 is 2.74 bits per heavy atom. The van der Waals surface area contributed by atoms with E-state index in [0.717, 1.165) is 37.9 Å². The first-order valence-electron chi connectivity index (χ1n) is 14.7. The van der Waals surface area contributed by atoms with Crippen molar-refractivity contribution in [2.75, 3.05) is 19.6 Å². The summed E-state index contributed by atoms with van der Waals surface area (Å²) in [6, 6.07) is 19.9. The van der Waals surface area contributed by atoms with E-state index >= 15 is 0 Å². The third-order valence-electron chi connectivity index (χ3n) is 7.83. The molecular formula is C34H38N8O3S. The molecule has 0 saturated carbocycles. The summed E-state index contributed by atoms with van der Waals surface area (Å²) in [6.45, 7) is 4.84. The molecule has 46 heavy (non-hydrogen) atoms. The molecule has 3 heterocycles. The first-order chi connectivity index (χ1) is 22.0. The maximum Gasteiger partial charge on any atom is 0.316 e. The van der Waals surface area contributed by atoms with Crippen LogP contribution in [0.1, 0.15) is 24.1 Å². The van der Waals surface area contributed by atoms with Gasteiger partial charge in [0.2, 0.25) is 11.8 Å². The zero-order valence-corrected chi connectivity index (χ0v) is 25.4. The van der Waals surface area contributed by atoms with Crippen molar-refractivity contribution in [2.45, 2.75) is 39.1 Å². The molecule has 1 aliphatic heterocycles. The first-order valence-corrected chi connectivity index (χ1v) is 15.6. The van der Waals surface area contributed by atoms with Crippen LogP contribution in [-0.2, 0) is 29.1 Å². The quantitative estimate of drug-likeness (QED) is 0.127. The van der Waals surface area contributed by atoms with E-state index in [1.165, 1.54) is 16.2 Å². The molecule has 2 aromatic heterocycles. The molecule has 4 N–H and O–H groups in total. The van der Waals surface area contributed by atoms with Gasteiger partial charge in [0.1, 0.15) is 12.2 Å². The molecule has 2 atom stereocenters. The Morgan fingerprint density at radius 2 is 1.91 bits per heavy atom. The van der Waals surface area contributed by atoms with Crippen molar-refractivity contribution < 1.29 is 14.4 Å². The maximum atomic E-state index is 14.3. The molecule has 1 fully saturated rings. The Morgan fingerprint density at radius 1 is 1.07 bits per heavy atom. The molecule has 0 bridgehead atoms. The van der Waals surface area contributed by atoms with Crippen LogP contribution in [0, 0.1) is 0 Å². The second-order valence-corrected chi connectivity index (χ2v) is 11.7. The van der Waals surface area contributed by atoms with Crippen molar-refractivity contribution in [1.82, 2.24) is 40.7 Å². The van der Waals surface area contributed by atoms with E-state index < -0.39 is 18.2 Å². The molecule has 3 aromatic carbocycles. The monoisotopic (exact) mass is 638 g/mol. The molecule has 5 aromatic rings. The normalized spacial score (nSPS) is 16.3. The van der Waals surface area contributed by atoms with E-state index in [0.29, 0.717) is 13.1 Å². The molecule has 11 nitrogen and oxygen atoms in total. The largest absolute Gasteiger partial charge is 0.345 e. The molecule has 238 valence electrons. The third kappa shape index (κ3) is 7.24. The molecule has 0 radical (unpaired) electrons. The zero-order valence-electron chi connectivity index (χ0n) is 24.6. The van der Waals surface area contributed by atoms with Crippen molar-refractivity contribution in [3.8, 4) is 0 Å². The van der Waals surface area contributed by atoms with Gasteiger partial charge in [0.25, 0.3) is 0 Å². The SMILES string of the molecule is C.C=CCNCC(=O)N1[C@@H](NC(=O)NCc2ccccc2)CN(Cc2cccc3scnc23)C(=O)[C@@H]1Cc1ccc2nc[nH]c2c1. The van der Waals surface area contributed by atoms with Gasteiger partial charge in [-0.1, -0.05) is 62.0 Å². The molecule has 1 saturated heterocycles.